The van der Waals surface area contributed by atoms with Gasteiger partial charge in [-0.3, -0.25) is 9.25 Å². The molecule has 186 valence electrons. The van der Waals surface area contributed by atoms with Gasteiger partial charge < -0.3 is 4.74 Å². The van der Waals surface area contributed by atoms with Gasteiger partial charge >= 0.3 is 0 Å². The van der Waals surface area contributed by atoms with E-state index in [0.29, 0.717) is 18.1 Å². The minimum atomic E-state index is 0.145. The number of aromatic nitrogens is 11. The van der Waals surface area contributed by atoms with E-state index >= 15 is 0 Å². The third-order valence-corrected chi connectivity index (χ3v) is 7.31. The number of rotatable bonds is 7. The van der Waals surface area contributed by atoms with Gasteiger partial charge in [-0.25, -0.2) is 19.2 Å². The van der Waals surface area contributed by atoms with Crippen LogP contribution < -0.4 is 0 Å². The van der Waals surface area contributed by atoms with Crippen LogP contribution in [0.4, 0.5) is 0 Å². The normalized spacial score (nSPS) is 15.9. The van der Waals surface area contributed by atoms with E-state index < -0.39 is 0 Å². The molecule has 1 saturated heterocycles. The Balaban J connectivity index is 1.18. The van der Waals surface area contributed by atoms with Crippen LogP contribution in [0.15, 0.2) is 60.3 Å². The maximum absolute atomic E-state index is 5.90. The van der Waals surface area contributed by atoms with Crippen LogP contribution in [0.2, 0.25) is 0 Å². The summed E-state index contributed by atoms with van der Waals surface area (Å²) >= 11 is 1.55. The number of nitrogens with zero attached hydrogens (tertiary/aromatic N) is 11. The van der Waals surface area contributed by atoms with Crippen molar-refractivity contribution >= 4 is 28.4 Å². The second-order valence-corrected chi connectivity index (χ2v) is 9.83. The van der Waals surface area contributed by atoms with E-state index in [1.165, 1.54) is 0 Å². The molecule has 6 aromatic rings. The molecule has 1 aromatic carbocycles. The average Bonchev–Trinajstić information content (AvgIpc) is 3.74. The maximum Gasteiger partial charge on any atom is 0.192 e. The summed E-state index contributed by atoms with van der Waals surface area (Å²) in [6.07, 6.45) is 7.61. The zero-order chi connectivity index (χ0) is 24.8. The Hall–Kier alpha value is -4.10. The van der Waals surface area contributed by atoms with E-state index in [1.807, 2.05) is 54.3 Å². The summed E-state index contributed by atoms with van der Waals surface area (Å²) in [6.45, 7) is 1.48. The van der Waals surface area contributed by atoms with E-state index in [0.717, 1.165) is 58.5 Å². The first-order chi connectivity index (χ1) is 18.2. The molecule has 0 saturated carbocycles. The van der Waals surface area contributed by atoms with Gasteiger partial charge in [-0.2, -0.15) is 10.2 Å². The molecule has 12 nitrogen and oxygen atoms in total. The van der Waals surface area contributed by atoms with Crippen molar-refractivity contribution in [3.05, 3.63) is 60.9 Å². The smallest absolute Gasteiger partial charge is 0.192 e. The number of thioether (sulfide) groups is 1. The predicted molar refractivity (Wildman–Crippen MR) is 136 cm³/mol. The Morgan fingerprint density at radius 1 is 1.08 bits per heavy atom. The molecule has 0 amide bonds. The van der Waals surface area contributed by atoms with Crippen molar-refractivity contribution in [1.29, 1.82) is 0 Å². The minimum Gasteiger partial charge on any atom is -0.376 e. The molecule has 0 spiro atoms. The molecule has 37 heavy (non-hydrogen) atoms. The molecule has 5 aromatic heterocycles. The number of ether oxygens (including phenoxy) is 1. The van der Waals surface area contributed by atoms with Crippen LogP contribution in [0, 0.1) is 0 Å². The second-order valence-electron chi connectivity index (χ2n) is 8.89. The summed E-state index contributed by atoms with van der Waals surface area (Å²) in [4.78, 5) is 9.40. The Bertz CT molecular complexity index is 1690. The Kier molecular flexibility index (Phi) is 5.43. The number of para-hydroxylation sites is 1. The highest BCUT2D eigenvalue weighted by molar-refractivity contribution is 7.98. The molecule has 1 unspecified atom stereocenters. The van der Waals surface area contributed by atoms with Gasteiger partial charge in [-0.05, 0) is 31.0 Å². The van der Waals surface area contributed by atoms with Crippen molar-refractivity contribution in [2.24, 2.45) is 7.05 Å². The predicted octanol–water partition coefficient (Wildman–Crippen LogP) is 2.93. The SMILES string of the molecule is Cn1ccc(-c2nnc(SCc3nc4c5cnn(-c6ccccc6)c5ncn4n3)n2CC2CCCO2)n1. The molecule has 1 aliphatic heterocycles. The monoisotopic (exact) mass is 513 g/mol. The van der Waals surface area contributed by atoms with Gasteiger partial charge in [-0.15, -0.1) is 15.3 Å². The average molecular weight is 514 g/mol. The lowest BCUT2D eigenvalue weighted by Gasteiger charge is -2.13. The fourth-order valence-electron chi connectivity index (χ4n) is 4.59. The van der Waals surface area contributed by atoms with Crippen molar-refractivity contribution in [2.45, 2.75) is 36.4 Å². The van der Waals surface area contributed by atoms with Gasteiger partial charge in [0, 0.05) is 19.9 Å². The molecule has 1 atom stereocenters. The first kappa shape index (κ1) is 22.1. The van der Waals surface area contributed by atoms with Crippen molar-refractivity contribution in [3.8, 4) is 17.2 Å². The standard InChI is InChI=1S/C24H23N11OS/c1-32-10-9-19(30-32)23-28-29-24(33(23)13-17-8-5-11-36-17)37-14-20-27-22-18-12-26-35(16-6-3-2-4-7-16)21(18)25-15-34(22)31-20/h2-4,6-7,9-10,12,15,17H,5,8,11,13-14H2,1H3. The van der Waals surface area contributed by atoms with Gasteiger partial charge in [0.15, 0.2) is 28.1 Å². The topological polar surface area (TPSA) is 119 Å². The molecular weight excluding hydrogens is 490 g/mol. The second kappa shape index (κ2) is 9.09. The summed E-state index contributed by atoms with van der Waals surface area (Å²) in [7, 11) is 1.89. The third kappa shape index (κ3) is 4.05. The van der Waals surface area contributed by atoms with E-state index in [-0.39, 0.29) is 6.10 Å². The molecule has 0 radical (unpaired) electrons. The van der Waals surface area contributed by atoms with E-state index in [4.69, 9.17) is 9.72 Å². The van der Waals surface area contributed by atoms with Crippen LogP contribution in [0.3, 0.4) is 0 Å². The largest absolute Gasteiger partial charge is 0.376 e. The molecule has 13 heteroatoms. The summed E-state index contributed by atoms with van der Waals surface area (Å²) in [6, 6.07) is 11.9. The molecule has 0 aliphatic carbocycles. The van der Waals surface area contributed by atoms with Crippen molar-refractivity contribution in [1.82, 2.24) is 53.9 Å². The molecule has 0 N–H and O–H groups in total. The van der Waals surface area contributed by atoms with Gasteiger partial charge in [-0.1, -0.05) is 30.0 Å². The van der Waals surface area contributed by atoms with Crippen LogP contribution in [0.25, 0.3) is 33.9 Å². The van der Waals surface area contributed by atoms with E-state index in [1.54, 1.807) is 33.5 Å². The molecule has 7 rings (SSSR count). The summed E-state index contributed by atoms with van der Waals surface area (Å²) in [5, 5.41) is 24.3. The summed E-state index contributed by atoms with van der Waals surface area (Å²) < 4.78 is 13.3. The first-order valence-corrected chi connectivity index (χ1v) is 13.0. The number of aryl methyl sites for hydroxylation is 1. The van der Waals surface area contributed by atoms with Gasteiger partial charge in [0.25, 0.3) is 0 Å². The molecule has 6 heterocycles. The molecule has 1 fully saturated rings. The molecule has 1 aliphatic rings. The van der Waals surface area contributed by atoms with Gasteiger partial charge in [0.2, 0.25) is 0 Å². The fraction of sp³-hybridized carbons (Fsp3) is 0.292. The van der Waals surface area contributed by atoms with Crippen LogP contribution in [-0.2, 0) is 24.1 Å². The Labute approximate surface area is 215 Å². The lowest BCUT2D eigenvalue weighted by Crippen LogP contribution is -2.16. The maximum atomic E-state index is 5.90. The lowest BCUT2D eigenvalue weighted by atomic mass is 10.2. The van der Waals surface area contributed by atoms with Crippen molar-refractivity contribution in [2.75, 3.05) is 6.61 Å². The van der Waals surface area contributed by atoms with Gasteiger partial charge in [0.1, 0.15) is 12.0 Å². The van der Waals surface area contributed by atoms with Crippen LogP contribution in [-0.4, -0.2) is 66.6 Å². The zero-order valence-electron chi connectivity index (χ0n) is 20.0. The highest BCUT2D eigenvalue weighted by atomic mass is 32.2. The molecule has 0 bridgehead atoms. The number of fused-ring (bicyclic) bond motifs is 3. The number of hydrogen-bond acceptors (Lipinski definition) is 9. The molecular formula is C24H23N11OS. The quantitative estimate of drug-likeness (QED) is 0.297. The highest BCUT2D eigenvalue weighted by Gasteiger charge is 2.23. The van der Waals surface area contributed by atoms with Crippen LogP contribution in [0.5, 0.6) is 0 Å². The Morgan fingerprint density at radius 3 is 2.81 bits per heavy atom. The van der Waals surface area contributed by atoms with Crippen molar-refractivity contribution in [3.63, 3.8) is 0 Å². The Morgan fingerprint density at radius 2 is 2.00 bits per heavy atom. The highest BCUT2D eigenvalue weighted by Crippen LogP contribution is 2.28. The van der Waals surface area contributed by atoms with Gasteiger partial charge in [0.05, 0.1) is 35.7 Å². The van der Waals surface area contributed by atoms with Crippen molar-refractivity contribution < 1.29 is 4.74 Å². The first-order valence-electron chi connectivity index (χ1n) is 12.0. The number of hydrogen-bond donors (Lipinski definition) is 0. The third-order valence-electron chi connectivity index (χ3n) is 6.35. The lowest BCUT2D eigenvalue weighted by molar-refractivity contribution is 0.0953. The zero-order valence-corrected chi connectivity index (χ0v) is 20.9. The van der Waals surface area contributed by atoms with Crippen LogP contribution in [0.1, 0.15) is 18.7 Å². The summed E-state index contributed by atoms with van der Waals surface area (Å²) in [5.74, 6) is 1.95. The van der Waals surface area contributed by atoms with E-state index in [2.05, 4.69) is 35.0 Å². The minimum absolute atomic E-state index is 0.145. The van der Waals surface area contributed by atoms with E-state index in [9.17, 15) is 0 Å². The van der Waals surface area contributed by atoms with Crippen LogP contribution >= 0.6 is 11.8 Å². The fourth-order valence-corrected chi connectivity index (χ4v) is 5.39. The summed E-state index contributed by atoms with van der Waals surface area (Å²) in [5.41, 5.74) is 3.19. The number of benzene rings is 1.